The molecule has 0 saturated carbocycles. The lowest BCUT2D eigenvalue weighted by atomic mass is 10.0. The van der Waals surface area contributed by atoms with Gasteiger partial charge in [-0.3, -0.25) is 4.79 Å². The molecular formula is C24H33ClN2O5S. The quantitative estimate of drug-likeness (QED) is 0.413. The molecule has 0 radical (unpaired) electrons. The summed E-state index contributed by atoms with van der Waals surface area (Å²) in [5.74, 6) is 0.779. The number of benzene rings is 2. The van der Waals surface area contributed by atoms with Crippen molar-refractivity contribution in [2.45, 2.75) is 39.2 Å². The lowest BCUT2D eigenvalue weighted by molar-refractivity contribution is -0.123. The summed E-state index contributed by atoms with van der Waals surface area (Å²) >= 11 is 5.91. The van der Waals surface area contributed by atoms with E-state index in [0.717, 1.165) is 29.7 Å². The standard InChI is InChI=1S/C24H33ClN2O5S/c1-17(2)23(27-33(4,29)30)24(28)26-14-13-19-9-12-21(22(16-19)31-3)32-15-5-6-18-7-10-20(25)11-8-18/h7-12,16-17,23,27H,5-6,13-15H2,1-4H3,(H,26,28)/t23-/m0/s1. The summed E-state index contributed by atoms with van der Waals surface area (Å²) in [4.78, 5) is 12.4. The van der Waals surface area contributed by atoms with Crippen molar-refractivity contribution >= 4 is 27.5 Å². The van der Waals surface area contributed by atoms with Crippen LogP contribution in [0.3, 0.4) is 0 Å². The molecule has 2 rings (SSSR count). The van der Waals surface area contributed by atoms with Crippen molar-refractivity contribution in [1.82, 2.24) is 10.0 Å². The van der Waals surface area contributed by atoms with Crippen LogP contribution in [0.1, 0.15) is 31.4 Å². The van der Waals surface area contributed by atoms with E-state index in [2.05, 4.69) is 10.0 Å². The van der Waals surface area contributed by atoms with Crippen LogP contribution in [0.15, 0.2) is 42.5 Å². The normalized spacial score (nSPS) is 12.4. The molecule has 0 spiro atoms. The predicted octanol–water partition coefficient (Wildman–Crippen LogP) is 3.59. The highest BCUT2D eigenvalue weighted by Gasteiger charge is 2.24. The fourth-order valence-corrected chi connectivity index (χ4v) is 4.23. The van der Waals surface area contributed by atoms with Gasteiger partial charge in [-0.05, 0) is 60.6 Å². The number of ether oxygens (including phenoxy) is 2. The van der Waals surface area contributed by atoms with Gasteiger partial charge in [0.05, 0.1) is 20.0 Å². The first kappa shape index (κ1) is 27.0. The van der Waals surface area contributed by atoms with Gasteiger partial charge >= 0.3 is 0 Å². The number of amides is 1. The maximum Gasteiger partial charge on any atom is 0.238 e. The Kier molecular flexibility index (Phi) is 10.5. The van der Waals surface area contributed by atoms with Crippen LogP contribution in [0.25, 0.3) is 0 Å². The van der Waals surface area contributed by atoms with E-state index < -0.39 is 16.1 Å². The number of carbonyl (C=O) groups excluding carboxylic acids is 1. The van der Waals surface area contributed by atoms with E-state index in [1.54, 1.807) is 21.0 Å². The van der Waals surface area contributed by atoms with E-state index >= 15 is 0 Å². The number of nitrogens with one attached hydrogen (secondary N) is 2. The predicted molar refractivity (Wildman–Crippen MR) is 132 cm³/mol. The number of rotatable bonds is 13. The van der Waals surface area contributed by atoms with E-state index in [9.17, 15) is 13.2 Å². The van der Waals surface area contributed by atoms with Gasteiger partial charge in [0.1, 0.15) is 6.04 Å². The second kappa shape index (κ2) is 12.8. The van der Waals surface area contributed by atoms with E-state index in [1.165, 1.54) is 5.56 Å². The van der Waals surface area contributed by atoms with Gasteiger partial charge in [0.15, 0.2) is 11.5 Å². The van der Waals surface area contributed by atoms with Crippen LogP contribution in [0, 0.1) is 5.92 Å². The second-order valence-corrected chi connectivity index (χ2v) is 10.4. The third kappa shape index (κ3) is 9.61. The maximum absolute atomic E-state index is 12.4. The van der Waals surface area contributed by atoms with Gasteiger partial charge in [-0.15, -0.1) is 0 Å². The molecule has 0 aliphatic rings. The Hall–Kier alpha value is -2.29. The van der Waals surface area contributed by atoms with Gasteiger partial charge in [-0.1, -0.05) is 43.6 Å². The molecule has 33 heavy (non-hydrogen) atoms. The number of aryl methyl sites for hydroxylation is 1. The summed E-state index contributed by atoms with van der Waals surface area (Å²) in [7, 11) is -1.89. The number of sulfonamides is 1. The van der Waals surface area contributed by atoms with Crippen LogP contribution >= 0.6 is 11.6 Å². The lowest BCUT2D eigenvalue weighted by Crippen LogP contribution is -2.49. The van der Waals surface area contributed by atoms with Gasteiger partial charge in [0.2, 0.25) is 15.9 Å². The molecule has 1 atom stereocenters. The second-order valence-electron chi connectivity index (χ2n) is 8.22. The molecule has 0 aliphatic heterocycles. The Balaban J connectivity index is 1.84. The highest BCUT2D eigenvalue weighted by atomic mass is 35.5. The zero-order chi connectivity index (χ0) is 24.4. The SMILES string of the molecule is COc1cc(CCNC(=O)[C@@H](NS(C)(=O)=O)C(C)C)ccc1OCCCc1ccc(Cl)cc1. The van der Waals surface area contributed by atoms with Gasteiger partial charge in [0, 0.05) is 11.6 Å². The highest BCUT2D eigenvalue weighted by molar-refractivity contribution is 7.88. The zero-order valence-electron chi connectivity index (χ0n) is 19.6. The van der Waals surface area contributed by atoms with E-state index in [4.69, 9.17) is 21.1 Å². The lowest BCUT2D eigenvalue weighted by Gasteiger charge is -2.20. The molecule has 7 nitrogen and oxygen atoms in total. The maximum atomic E-state index is 12.4. The first-order valence-corrected chi connectivity index (χ1v) is 13.1. The highest BCUT2D eigenvalue weighted by Crippen LogP contribution is 2.28. The first-order chi connectivity index (χ1) is 15.6. The number of carbonyl (C=O) groups is 1. The van der Waals surface area contributed by atoms with Crippen LogP contribution in [0.4, 0.5) is 0 Å². The smallest absolute Gasteiger partial charge is 0.238 e. The fourth-order valence-electron chi connectivity index (χ4n) is 3.26. The minimum absolute atomic E-state index is 0.170. The molecule has 0 aromatic heterocycles. The van der Waals surface area contributed by atoms with Crippen LogP contribution in [0.5, 0.6) is 11.5 Å². The number of hydrogen-bond donors (Lipinski definition) is 2. The van der Waals surface area contributed by atoms with Gasteiger partial charge in [-0.2, -0.15) is 0 Å². The first-order valence-electron chi connectivity index (χ1n) is 10.9. The number of hydrogen-bond acceptors (Lipinski definition) is 5. The summed E-state index contributed by atoms with van der Waals surface area (Å²) in [6.07, 6.45) is 3.37. The van der Waals surface area contributed by atoms with E-state index in [1.807, 2.05) is 42.5 Å². The third-order valence-corrected chi connectivity index (χ3v) is 5.95. The van der Waals surface area contributed by atoms with Crippen molar-refractivity contribution < 1.29 is 22.7 Å². The number of halogens is 1. The van der Waals surface area contributed by atoms with Crippen molar-refractivity contribution in [1.29, 1.82) is 0 Å². The van der Waals surface area contributed by atoms with Crippen molar-refractivity contribution in [3.63, 3.8) is 0 Å². The Morgan fingerprint density at radius 1 is 1.03 bits per heavy atom. The molecule has 0 unspecified atom stereocenters. The third-order valence-electron chi connectivity index (χ3n) is 5.01. The zero-order valence-corrected chi connectivity index (χ0v) is 21.1. The Morgan fingerprint density at radius 3 is 2.30 bits per heavy atom. The van der Waals surface area contributed by atoms with Crippen molar-refractivity contribution in [3.05, 3.63) is 58.6 Å². The van der Waals surface area contributed by atoms with E-state index in [0.29, 0.717) is 31.1 Å². The minimum atomic E-state index is -3.48. The molecule has 0 saturated heterocycles. The molecule has 0 bridgehead atoms. The summed E-state index contributed by atoms with van der Waals surface area (Å²) in [5.41, 5.74) is 2.18. The minimum Gasteiger partial charge on any atom is -0.493 e. The Bertz CT molecular complexity index is 1010. The molecule has 0 aliphatic carbocycles. The fraction of sp³-hybridized carbons (Fsp3) is 0.458. The van der Waals surface area contributed by atoms with Crippen LogP contribution < -0.4 is 19.5 Å². The molecule has 9 heteroatoms. The van der Waals surface area contributed by atoms with E-state index in [-0.39, 0.29) is 11.8 Å². The molecule has 2 aromatic carbocycles. The molecule has 1 amide bonds. The Labute approximate surface area is 201 Å². The van der Waals surface area contributed by atoms with Gasteiger partial charge < -0.3 is 14.8 Å². The van der Waals surface area contributed by atoms with Crippen molar-refractivity contribution in [2.24, 2.45) is 5.92 Å². The van der Waals surface area contributed by atoms with Crippen molar-refractivity contribution in [3.8, 4) is 11.5 Å². The van der Waals surface area contributed by atoms with Crippen molar-refractivity contribution in [2.75, 3.05) is 26.5 Å². The van der Waals surface area contributed by atoms with Gasteiger partial charge in [0.25, 0.3) is 0 Å². The van der Waals surface area contributed by atoms with Crippen LogP contribution in [-0.2, 0) is 27.7 Å². The number of methoxy groups -OCH3 is 1. The molecule has 2 N–H and O–H groups in total. The molecule has 0 fully saturated rings. The summed E-state index contributed by atoms with van der Waals surface area (Å²) in [5, 5.41) is 3.53. The topological polar surface area (TPSA) is 93.7 Å². The van der Waals surface area contributed by atoms with Crippen LogP contribution in [0.2, 0.25) is 5.02 Å². The largest absolute Gasteiger partial charge is 0.493 e. The summed E-state index contributed by atoms with van der Waals surface area (Å²) < 4.78 is 36.7. The molecule has 0 heterocycles. The average Bonchev–Trinajstić information content (AvgIpc) is 2.76. The molecular weight excluding hydrogens is 464 g/mol. The monoisotopic (exact) mass is 496 g/mol. The Morgan fingerprint density at radius 2 is 1.70 bits per heavy atom. The molecule has 2 aromatic rings. The summed E-state index contributed by atoms with van der Waals surface area (Å²) in [6, 6.07) is 12.7. The molecule has 182 valence electrons. The van der Waals surface area contributed by atoms with Crippen LogP contribution in [-0.4, -0.2) is 46.9 Å². The summed E-state index contributed by atoms with van der Waals surface area (Å²) in [6.45, 7) is 4.51. The average molecular weight is 497 g/mol. The van der Waals surface area contributed by atoms with Gasteiger partial charge in [-0.25, -0.2) is 13.1 Å².